The molecule has 4 unspecified atom stereocenters. The van der Waals surface area contributed by atoms with Crippen molar-refractivity contribution in [1.82, 2.24) is 9.88 Å². The first-order valence-corrected chi connectivity index (χ1v) is 10.1. The molecule has 2 heterocycles. The molecule has 2 saturated carbocycles. The van der Waals surface area contributed by atoms with E-state index in [0.717, 1.165) is 42.7 Å². The van der Waals surface area contributed by atoms with Crippen LogP contribution in [-0.2, 0) is 19.5 Å². The molecule has 1 aliphatic heterocycles. The maximum absolute atomic E-state index is 13.0. The molecule has 3 heteroatoms. The smallest absolute Gasteiger partial charge is 0.255 e. The molecule has 0 amide bonds. The molecule has 3 nitrogen and oxygen atoms in total. The molecule has 0 spiro atoms. The SMILES string of the molecule is CC(NCc1cc2cccc3c2n(c1=O)CCC3)C1CC2CCC1C2. The van der Waals surface area contributed by atoms with Gasteiger partial charge in [-0.2, -0.15) is 0 Å². The molecule has 3 aliphatic rings. The molecule has 1 aromatic heterocycles. The minimum absolute atomic E-state index is 0.215. The molecule has 0 saturated heterocycles. The number of aryl methyl sites for hydroxylation is 2. The molecule has 25 heavy (non-hydrogen) atoms. The Morgan fingerprint density at radius 2 is 2.20 bits per heavy atom. The zero-order valence-electron chi connectivity index (χ0n) is 15.1. The summed E-state index contributed by atoms with van der Waals surface area (Å²) in [5.74, 6) is 2.72. The van der Waals surface area contributed by atoms with E-state index in [9.17, 15) is 4.79 Å². The van der Waals surface area contributed by atoms with Crippen LogP contribution >= 0.6 is 0 Å². The molecule has 0 radical (unpaired) electrons. The lowest BCUT2D eigenvalue weighted by molar-refractivity contribution is 0.259. The molecule has 2 aliphatic carbocycles. The minimum Gasteiger partial charge on any atom is -0.310 e. The van der Waals surface area contributed by atoms with Gasteiger partial charge in [-0.05, 0) is 73.8 Å². The number of rotatable bonds is 4. The number of hydrogen-bond donors (Lipinski definition) is 1. The van der Waals surface area contributed by atoms with Crippen molar-refractivity contribution < 1.29 is 0 Å². The maximum Gasteiger partial charge on any atom is 0.255 e. The fraction of sp³-hybridized carbons (Fsp3) is 0.591. The van der Waals surface area contributed by atoms with E-state index in [4.69, 9.17) is 0 Å². The van der Waals surface area contributed by atoms with Gasteiger partial charge in [-0.15, -0.1) is 0 Å². The van der Waals surface area contributed by atoms with Crippen LogP contribution in [0.25, 0.3) is 10.9 Å². The van der Waals surface area contributed by atoms with Crippen LogP contribution in [0.2, 0.25) is 0 Å². The van der Waals surface area contributed by atoms with Gasteiger partial charge in [-0.1, -0.05) is 24.6 Å². The number of benzene rings is 1. The number of fused-ring (bicyclic) bond motifs is 2. The highest BCUT2D eigenvalue weighted by Crippen LogP contribution is 2.49. The van der Waals surface area contributed by atoms with E-state index >= 15 is 0 Å². The first-order chi connectivity index (χ1) is 12.2. The van der Waals surface area contributed by atoms with Crippen molar-refractivity contribution in [3.8, 4) is 0 Å². The summed E-state index contributed by atoms with van der Waals surface area (Å²) >= 11 is 0. The molecule has 1 N–H and O–H groups in total. The van der Waals surface area contributed by atoms with E-state index in [-0.39, 0.29) is 5.56 Å². The van der Waals surface area contributed by atoms with Crippen molar-refractivity contribution in [3.63, 3.8) is 0 Å². The second kappa shape index (κ2) is 5.98. The normalized spacial score (nSPS) is 28.6. The third-order valence-electron chi connectivity index (χ3n) is 7.15. The van der Waals surface area contributed by atoms with Gasteiger partial charge in [0.2, 0.25) is 0 Å². The zero-order chi connectivity index (χ0) is 17.0. The van der Waals surface area contributed by atoms with Crippen molar-refractivity contribution in [2.75, 3.05) is 0 Å². The van der Waals surface area contributed by atoms with Crippen molar-refractivity contribution in [3.05, 3.63) is 45.7 Å². The average molecular weight is 336 g/mol. The van der Waals surface area contributed by atoms with Crippen LogP contribution in [0, 0.1) is 17.8 Å². The van der Waals surface area contributed by atoms with Gasteiger partial charge in [0.05, 0.1) is 5.52 Å². The van der Waals surface area contributed by atoms with Crippen LogP contribution in [0.3, 0.4) is 0 Å². The highest BCUT2D eigenvalue weighted by atomic mass is 16.1. The molecule has 2 fully saturated rings. The third-order valence-corrected chi connectivity index (χ3v) is 7.15. The monoisotopic (exact) mass is 336 g/mol. The highest BCUT2D eigenvalue weighted by Gasteiger charge is 2.41. The molecular formula is C22H28N2O. The maximum atomic E-state index is 13.0. The van der Waals surface area contributed by atoms with E-state index in [1.807, 2.05) is 4.57 Å². The largest absolute Gasteiger partial charge is 0.310 e. The van der Waals surface area contributed by atoms with Crippen LogP contribution in [0.4, 0.5) is 0 Å². The van der Waals surface area contributed by atoms with Crippen molar-refractivity contribution in [1.29, 1.82) is 0 Å². The van der Waals surface area contributed by atoms with Gasteiger partial charge < -0.3 is 9.88 Å². The molecule has 1 aromatic carbocycles. The molecular weight excluding hydrogens is 308 g/mol. The summed E-state index contributed by atoms with van der Waals surface area (Å²) in [4.78, 5) is 13.0. The highest BCUT2D eigenvalue weighted by molar-refractivity contribution is 5.83. The summed E-state index contributed by atoms with van der Waals surface area (Å²) < 4.78 is 2.02. The van der Waals surface area contributed by atoms with Gasteiger partial charge in [0, 0.05) is 24.7 Å². The van der Waals surface area contributed by atoms with Gasteiger partial charge in [0.25, 0.3) is 5.56 Å². The summed E-state index contributed by atoms with van der Waals surface area (Å²) in [7, 11) is 0. The molecule has 132 valence electrons. The number of pyridine rings is 1. The fourth-order valence-electron chi connectivity index (χ4n) is 5.88. The van der Waals surface area contributed by atoms with Crippen LogP contribution in [0.1, 0.15) is 50.2 Å². The predicted molar refractivity (Wildman–Crippen MR) is 102 cm³/mol. The zero-order valence-corrected chi connectivity index (χ0v) is 15.1. The van der Waals surface area contributed by atoms with Gasteiger partial charge in [-0.25, -0.2) is 0 Å². The van der Waals surface area contributed by atoms with E-state index in [0.29, 0.717) is 12.6 Å². The number of para-hydroxylation sites is 1. The Balaban J connectivity index is 1.40. The minimum atomic E-state index is 0.215. The Hall–Kier alpha value is -1.61. The molecule has 2 aromatic rings. The van der Waals surface area contributed by atoms with Crippen molar-refractivity contribution in [2.24, 2.45) is 17.8 Å². The third kappa shape index (κ3) is 2.55. The molecule has 5 rings (SSSR count). The van der Waals surface area contributed by atoms with Crippen molar-refractivity contribution in [2.45, 2.75) is 64.6 Å². The first-order valence-electron chi connectivity index (χ1n) is 10.1. The summed E-state index contributed by atoms with van der Waals surface area (Å²) in [6.45, 7) is 3.89. The quantitative estimate of drug-likeness (QED) is 0.920. The van der Waals surface area contributed by atoms with E-state index in [1.54, 1.807) is 0 Å². The Morgan fingerprint density at radius 3 is 3.00 bits per heavy atom. The van der Waals surface area contributed by atoms with Crippen LogP contribution in [0.15, 0.2) is 29.1 Å². The fourth-order valence-corrected chi connectivity index (χ4v) is 5.88. The first kappa shape index (κ1) is 15.6. The number of nitrogens with one attached hydrogen (secondary N) is 1. The Labute approximate surface area is 149 Å². The lowest BCUT2D eigenvalue weighted by Crippen LogP contribution is -2.38. The average Bonchev–Trinajstić information content (AvgIpc) is 3.26. The lowest BCUT2D eigenvalue weighted by atomic mass is 9.84. The van der Waals surface area contributed by atoms with Gasteiger partial charge in [-0.3, -0.25) is 4.79 Å². The second-order valence-corrected chi connectivity index (χ2v) is 8.59. The summed E-state index contributed by atoms with van der Waals surface area (Å²) in [6, 6.07) is 9.10. The molecule has 4 atom stereocenters. The van der Waals surface area contributed by atoms with Crippen LogP contribution in [0.5, 0.6) is 0 Å². The van der Waals surface area contributed by atoms with Crippen LogP contribution in [-0.4, -0.2) is 10.6 Å². The number of nitrogens with zero attached hydrogens (tertiary/aromatic N) is 1. The summed E-state index contributed by atoms with van der Waals surface area (Å²) in [5, 5.41) is 4.93. The second-order valence-electron chi connectivity index (χ2n) is 8.59. The van der Waals surface area contributed by atoms with E-state index in [2.05, 4.69) is 36.5 Å². The Kier molecular flexibility index (Phi) is 3.74. The molecule has 2 bridgehead atoms. The topological polar surface area (TPSA) is 34.0 Å². The summed E-state index contributed by atoms with van der Waals surface area (Å²) in [5.41, 5.74) is 3.65. The number of hydrogen-bond acceptors (Lipinski definition) is 2. The van der Waals surface area contributed by atoms with Gasteiger partial charge >= 0.3 is 0 Å². The van der Waals surface area contributed by atoms with E-state index < -0.39 is 0 Å². The van der Waals surface area contributed by atoms with Crippen molar-refractivity contribution >= 4 is 10.9 Å². The predicted octanol–water partition coefficient (Wildman–Crippen LogP) is 3.86. The van der Waals surface area contributed by atoms with Crippen LogP contribution < -0.4 is 10.9 Å². The Morgan fingerprint density at radius 1 is 1.28 bits per heavy atom. The van der Waals surface area contributed by atoms with E-state index in [1.165, 1.54) is 42.1 Å². The Bertz CT molecular complexity index is 868. The number of aromatic nitrogens is 1. The van der Waals surface area contributed by atoms with Gasteiger partial charge in [0.1, 0.15) is 0 Å². The van der Waals surface area contributed by atoms with Gasteiger partial charge in [0.15, 0.2) is 0 Å². The summed E-state index contributed by atoms with van der Waals surface area (Å²) in [6.07, 6.45) is 7.88. The standard InChI is InChI=1S/C22H28N2O/c1-14(20-11-15-7-8-17(20)10-15)23-13-19-12-18-5-2-4-16-6-3-9-24(21(16)18)22(19)25/h2,4-5,12,14-15,17,20,23H,3,6-11,13H2,1H3. The lowest BCUT2D eigenvalue weighted by Gasteiger charge is -2.29.